The van der Waals surface area contributed by atoms with E-state index in [0.717, 1.165) is 12.8 Å². The van der Waals surface area contributed by atoms with Crippen molar-refractivity contribution in [1.82, 2.24) is 4.90 Å². The van der Waals surface area contributed by atoms with Crippen molar-refractivity contribution in [3.05, 3.63) is 42.0 Å². The van der Waals surface area contributed by atoms with Gasteiger partial charge in [0.25, 0.3) is 0 Å². The normalized spacial score (nSPS) is 33.5. The second-order valence-corrected chi connectivity index (χ2v) is 9.97. The standard InChI is InChI=1S/C25H29NO4/c1-4-25(2,3)14-5-7-15(8-6-14)30-20(27)11-12-26-23(28)21-16-9-10-17(19-13-18(16)19)22(21)24(26)29/h5-10,16-19,21-22H,4,11-13H2,1-3H3/t16-,17+,18-,19-,21+,22-/m1/s1. The number of imide groups is 1. The number of benzene rings is 1. The third-order valence-corrected chi connectivity index (χ3v) is 8.04. The zero-order valence-corrected chi connectivity index (χ0v) is 17.8. The number of hydrogen-bond acceptors (Lipinski definition) is 4. The maximum Gasteiger partial charge on any atom is 0.312 e. The average Bonchev–Trinajstić information content (AvgIpc) is 3.52. The molecule has 5 heteroatoms. The Balaban J connectivity index is 1.19. The number of nitrogens with zero attached hydrogens (tertiary/aromatic N) is 1. The van der Waals surface area contributed by atoms with Gasteiger partial charge in [0.1, 0.15) is 5.75 Å². The number of hydrogen-bond donors (Lipinski definition) is 0. The van der Waals surface area contributed by atoms with E-state index in [4.69, 9.17) is 4.74 Å². The summed E-state index contributed by atoms with van der Waals surface area (Å²) in [4.78, 5) is 39.6. The second-order valence-electron chi connectivity index (χ2n) is 9.97. The lowest BCUT2D eigenvalue weighted by molar-refractivity contribution is -0.141. The van der Waals surface area contributed by atoms with Crippen LogP contribution >= 0.6 is 0 Å². The van der Waals surface area contributed by atoms with Gasteiger partial charge in [-0.2, -0.15) is 0 Å². The zero-order chi connectivity index (χ0) is 21.2. The molecule has 2 bridgehead atoms. The molecular formula is C25H29NO4. The van der Waals surface area contributed by atoms with Crippen molar-refractivity contribution in [1.29, 1.82) is 0 Å². The lowest BCUT2D eigenvalue weighted by Crippen LogP contribution is -2.40. The summed E-state index contributed by atoms with van der Waals surface area (Å²) in [7, 11) is 0. The minimum absolute atomic E-state index is 0.0226. The summed E-state index contributed by atoms with van der Waals surface area (Å²) in [6.07, 6.45) is 6.51. The van der Waals surface area contributed by atoms with Crippen molar-refractivity contribution in [3.8, 4) is 5.75 Å². The summed E-state index contributed by atoms with van der Waals surface area (Å²) >= 11 is 0. The molecule has 158 valence electrons. The van der Waals surface area contributed by atoms with Crippen molar-refractivity contribution in [3.63, 3.8) is 0 Å². The predicted molar refractivity (Wildman–Crippen MR) is 111 cm³/mol. The zero-order valence-electron chi connectivity index (χ0n) is 17.8. The molecule has 6 atom stereocenters. The van der Waals surface area contributed by atoms with Gasteiger partial charge in [0, 0.05) is 6.54 Å². The molecule has 6 rings (SSSR count). The van der Waals surface area contributed by atoms with Crippen LogP contribution in [0.4, 0.5) is 0 Å². The Labute approximate surface area is 177 Å². The monoisotopic (exact) mass is 407 g/mol. The highest BCUT2D eigenvalue weighted by Gasteiger charge is 2.66. The largest absolute Gasteiger partial charge is 0.426 e. The maximum atomic E-state index is 13.0. The first-order valence-electron chi connectivity index (χ1n) is 11.2. The smallest absolute Gasteiger partial charge is 0.312 e. The van der Waals surface area contributed by atoms with Gasteiger partial charge in [-0.05, 0) is 59.6 Å². The van der Waals surface area contributed by atoms with Crippen LogP contribution < -0.4 is 4.74 Å². The minimum Gasteiger partial charge on any atom is -0.426 e. The van der Waals surface area contributed by atoms with Crippen LogP contribution in [-0.4, -0.2) is 29.2 Å². The first-order chi connectivity index (χ1) is 14.3. The van der Waals surface area contributed by atoms with E-state index in [1.807, 2.05) is 12.1 Å². The molecular weight excluding hydrogens is 378 g/mol. The number of rotatable bonds is 6. The molecule has 5 nitrogen and oxygen atoms in total. The molecule has 1 aromatic rings. The van der Waals surface area contributed by atoms with Gasteiger partial charge >= 0.3 is 5.97 Å². The van der Waals surface area contributed by atoms with Crippen molar-refractivity contribution in [2.75, 3.05) is 6.54 Å². The van der Waals surface area contributed by atoms with E-state index in [0.29, 0.717) is 17.6 Å². The Morgan fingerprint density at radius 3 is 2.13 bits per heavy atom. The highest BCUT2D eigenvalue weighted by Crippen LogP contribution is 2.65. The van der Waals surface area contributed by atoms with Gasteiger partial charge in [-0.3, -0.25) is 19.3 Å². The molecule has 0 spiro atoms. The topological polar surface area (TPSA) is 63.7 Å². The Kier molecular flexibility index (Phi) is 4.42. The lowest BCUT2D eigenvalue weighted by atomic mass is 9.63. The molecule has 0 unspecified atom stereocenters. The molecule has 1 saturated heterocycles. The Morgan fingerprint density at radius 2 is 1.60 bits per heavy atom. The summed E-state index contributed by atoms with van der Waals surface area (Å²) in [5.74, 6) is 1.08. The van der Waals surface area contributed by atoms with Crippen LogP contribution in [0.25, 0.3) is 0 Å². The van der Waals surface area contributed by atoms with Gasteiger partial charge in [0.05, 0.1) is 18.3 Å². The van der Waals surface area contributed by atoms with Gasteiger partial charge in [-0.1, -0.05) is 45.1 Å². The molecule has 4 aliphatic carbocycles. The van der Waals surface area contributed by atoms with E-state index in [-0.39, 0.29) is 53.9 Å². The third-order valence-electron chi connectivity index (χ3n) is 8.04. The van der Waals surface area contributed by atoms with Crippen molar-refractivity contribution < 1.29 is 19.1 Å². The molecule has 2 amide bonds. The van der Waals surface area contributed by atoms with Gasteiger partial charge in [0.2, 0.25) is 11.8 Å². The maximum absolute atomic E-state index is 13.0. The van der Waals surface area contributed by atoms with E-state index < -0.39 is 5.97 Å². The molecule has 30 heavy (non-hydrogen) atoms. The number of carbonyl (C=O) groups is 3. The molecule has 1 aliphatic heterocycles. The van der Waals surface area contributed by atoms with Crippen LogP contribution in [-0.2, 0) is 19.8 Å². The number of ether oxygens (including phenoxy) is 1. The minimum atomic E-state index is -0.420. The van der Waals surface area contributed by atoms with Crippen molar-refractivity contribution in [2.24, 2.45) is 35.5 Å². The Hall–Kier alpha value is -2.43. The molecule has 0 N–H and O–H groups in total. The number of carbonyl (C=O) groups excluding carboxylic acids is 3. The van der Waals surface area contributed by atoms with E-state index in [9.17, 15) is 14.4 Å². The summed E-state index contributed by atoms with van der Waals surface area (Å²) in [5.41, 5.74) is 1.27. The van der Waals surface area contributed by atoms with E-state index in [2.05, 4.69) is 32.9 Å². The molecule has 0 aromatic heterocycles. The highest BCUT2D eigenvalue weighted by molar-refractivity contribution is 6.06. The molecule has 5 aliphatic rings. The fourth-order valence-electron chi connectivity index (χ4n) is 5.80. The molecule has 2 saturated carbocycles. The lowest BCUT2D eigenvalue weighted by Gasteiger charge is -2.37. The number of allylic oxidation sites excluding steroid dienone is 2. The quantitative estimate of drug-likeness (QED) is 0.312. The fraction of sp³-hybridized carbons (Fsp3) is 0.560. The van der Waals surface area contributed by atoms with E-state index in [1.54, 1.807) is 12.1 Å². The summed E-state index contributed by atoms with van der Waals surface area (Å²) < 4.78 is 5.44. The van der Waals surface area contributed by atoms with Crippen LogP contribution in [0, 0.1) is 35.5 Å². The average molecular weight is 408 g/mol. The van der Waals surface area contributed by atoms with Gasteiger partial charge in [-0.15, -0.1) is 0 Å². The third kappa shape index (κ3) is 2.93. The summed E-state index contributed by atoms with van der Waals surface area (Å²) in [6, 6.07) is 7.58. The highest BCUT2D eigenvalue weighted by atomic mass is 16.5. The van der Waals surface area contributed by atoms with Crippen LogP contribution in [0.15, 0.2) is 36.4 Å². The molecule has 1 aromatic carbocycles. The number of likely N-dealkylation sites (tertiary alicyclic amines) is 1. The van der Waals surface area contributed by atoms with Gasteiger partial charge in [0.15, 0.2) is 0 Å². The SMILES string of the molecule is CCC(C)(C)c1ccc(OC(=O)CCN2C(=O)[C@@H]3[C@H]4C=C[C@H]([C@H]5C[C@H]45)[C@@H]3C2=O)cc1. The molecule has 1 heterocycles. The van der Waals surface area contributed by atoms with Crippen LogP contribution in [0.1, 0.15) is 45.6 Å². The number of amides is 2. The van der Waals surface area contributed by atoms with Crippen LogP contribution in [0.3, 0.4) is 0 Å². The molecule has 0 radical (unpaired) electrons. The van der Waals surface area contributed by atoms with Crippen molar-refractivity contribution in [2.45, 2.75) is 45.4 Å². The number of esters is 1. The van der Waals surface area contributed by atoms with Crippen molar-refractivity contribution >= 4 is 17.8 Å². The Bertz CT molecular complexity index is 895. The van der Waals surface area contributed by atoms with Gasteiger partial charge in [-0.25, -0.2) is 0 Å². The fourth-order valence-corrected chi connectivity index (χ4v) is 5.80. The van der Waals surface area contributed by atoms with E-state index >= 15 is 0 Å². The predicted octanol–water partition coefficient (Wildman–Crippen LogP) is 3.72. The first-order valence-corrected chi connectivity index (χ1v) is 11.2. The Morgan fingerprint density at radius 1 is 1.03 bits per heavy atom. The van der Waals surface area contributed by atoms with E-state index in [1.165, 1.54) is 10.5 Å². The second kappa shape index (κ2) is 6.79. The van der Waals surface area contributed by atoms with Gasteiger partial charge < -0.3 is 4.74 Å². The van der Waals surface area contributed by atoms with Crippen LogP contribution in [0.2, 0.25) is 0 Å². The summed E-state index contributed by atoms with van der Waals surface area (Å²) in [6.45, 7) is 6.62. The first kappa shape index (κ1) is 19.5. The van der Waals surface area contributed by atoms with Crippen LogP contribution in [0.5, 0.6) is 5.75 Å². The molecule has 3 fully saturated rings. The summed E-state index contributed by atoms with van der Waals surface area (Å²) in [5, 5.41) is 0.